The Morgan fingerprint density at radius 1 is 1.14 bits per heavy atom. The molecule has 2 aliphatic carbocycles. The third-order valence-electron chi connectivity index (χ3n) is 7.85. The number of benzene rings is 2. The summed E-state index contributed by atoms with van der Waals surface area (Å²) < 4.78 is 0. The van der Waals surface area contributed by atoms with Crippen LogP contribution < -0.4 is 10.6 Å². The van der Waals surface area contributed by atoms with E-state index in [0.29, 0.717) is 29.7 Å². The third kappa shape index (κ3) is 4.18. The van der Waals surface area contributed by atoms with Gasteiger partial charge in [0.2, 0.25) is 5.91 Å². The van der Waals surface area contributed by atoms with Crippen molar-refractivity contribution in [2.24, 2.45) is 11.8 Å². The molecule has 1 spiro atoms. The van der Waals surface area contributed by atoms with Crippen LogP contribution >= 0.6 is 0 Å². The fraction of sp³-hybridized carbons (Fsp3) is 0.429. The molecule has 3 atom stereocenters. The number of amides is 2. The second-order valence-electron chi connectivity index (χ2n) is 10.4. The number of carboxylic acid groups (broad SMARTS) is 1. The molecule has 0 bridgehead atoms. The van der Waals surface area contributed by atoms with E-state index in [4.69, 9.17) is 5.11 Å². The molecule has 3 N–H and O–H groups in total. The van der Waals surface area contributed by atoms with Gasteiger partial charge in [0, 0.05) is 30.1 Å². The Hall–Kier alpha value is -3.66. The van der Waals surface area contributed by atoms with Crippen LogP contribution in [0.15, 0.2) is 36.4 Å². The molecule has 0 aliphatic heterocycles. The van der Waals surface area contributed by atoms with E-state index in [1.165, 1.54) is 5.56 Å². The molecule has 0 saturated heterocycles. The maximum Gasteiger partial charge on any atom is 0.303 e. The Labute approximate surface area is 205 Å². The molecule has 2 aromatic carbocycles. The van der Waals surface area contributed by atoms with Crippen LogP contribution in [0, 0.1) is 23.2 Å². The molecule has 7 heteroatoms. The zero-order chi connectivity index (χ0) is 25.5. The average molecular weight is 474 g/mol. The zero-order valence-electron chi connectivity index (χ0n) is 20.6. The van der Waals surface area contributed by atoms with Crippen molar-refractivity contribution in [1.29, 1.82) is 5.26 Å². The molecular formula is C28H31N3O4. The van der Waals surface area contributed by atoms with Crippen molar-refractivity contribution in [3.8, 4) is 6.07 Å². The van der Waals surface area contributed by atoms with E-state index in [2.05, 4.69) is 37.5 Å². The number of carboxylic acids is 1. The number of anilines is 1. The Morgan fingerprint density at radius 3 is 2.54 bits per heavy atom. The summed E-state index contributed by atoms with van der Waals surface area (Å²) in [5.74, 6) is -1.29. The highest BCUT2D eigenvalue weighted by molar-refractivity contribution is 5.98. The number of nitriles is 1. The molecule has 2 unspecified atom stereocenters. The van der Waals surface area contributed by atoms with Crippen LogP contribution in [0.4, 0.5) is 5.69 Å². The Balaban J connectivity index is 1.63. The molecular weight excluding hydrogens is 442 g/mol. The van der Waals surface area contributed by atoms with Gasteiger partial charge in [-0.1, -0.05) is 32.9 Å². The first-order chi connectivity index (χ1) is 16.5. The molecule has 35 heavy (non-hydrogen) atoms. The number of nitrogens with zero attached hydrogens (tertiary/aromatic N) is 1. The minimum absolute atomic E-state index is 0.0374. The summed E-state index contributed by atoms with van der Waals surface area (Å²) in [7, 11) is 1.61. The van der Waals surface area contributed by atoms with Gasteiger partial charge >= 0.3 is 5.97 Å². The molecule has 1 saturated carbocycles. The lowest BCUT2D eigenvalue weighted by molar-refractivity contribution is -0.137. The Kier molecular flexibility index (Phi) is 6.18. The Morgan fingerprint density at radius 2 is 1.89 bits per heavy atom. The fourth-order valence-electron chi connectivity index (χ4n) is 6.12. The third-order valence-corrected chi connectivity index (χ3v) is 7.85. The number of hydrogen-bond acceptors (Lipinski definition) is 4. The molecule has 0 aromatic heterocycles. The van der Waals surface area contributed by atoms with E-state index in [1.807, 2.05) is 18.2 Å². The highest BCUT2D eigenvalue weighted by Gasteiger charge is 2.70. The number of hydrogen-bond donors (Lipinski definition) is 3. The molecule has 2 aliphatic rings. The van der Waals surface area contributed by atoms with E-state index in [-0.39, 0.29) is 40.9 Å². The van der Waals surface area contributed by atoms with Crippen LogP contribution in [0.1, 0.15) is 72.6 Å². The van der Waals surface area contributed by atoms with Gasteiger partial charge in [-0.2, -0.15) is 5.26 Å². The van der Waals surface area contributed by atoms with Gasteiger partial charge in [0.1, 0.15) is 0 Å². The second-order valence-corrected chi connectivity index (χ2v) is 10.4. The van der Waals surface area contributed by atoms with E-state index >= 15 is 0 Å². The van der Waals surface area contributed by atoms with Crippen LogP contribution in [0.2, 0.25) is 0 Å². The van der Waals surface area contributed by atoms with Gasteiger partial charge in [0.15, 0.2) is 0 Å². The maximum atomic E-state index is 13.6. The second kappa shape index (κ2) is 8.84. The van der Waals surface area contributed by atoms with Crippen LogP contribution in [-0.4, -0.2) is 29.9 Å². The van der Waals surface area contributed by atoms with E-state index in [9.17, 15) is 19.6 Å². The van der Waals surface area contributed by atoms with Gasteiger partial charge in [-0.3, -0.25) is 14.4 Å². The maximum absolute atomic E-state index is 13.6. The molecule has 2 aromatic rings. The minimum Gasteiger partial charge on any atom is -0.481 e. The van der Waals surface area contributed by atoms with Gasteiger partial charge < -0.3 is 15.7 Å². The Bertz CT molecular complexity index is 1260. The molecule has 1 fully saturated rings. The minimum atomic E-state index is -0.864. The molecule has 4 rings (SSSR count). The first-order valence-electron chi connectivity index (χ1n) is 12.0. The lowest BCUT2D eigenvalue weighted by Gasteiger charge is -2.19. The molecule has 2 amide bonds. The SMILES string of the molecule is CNC(=O)c1ccc2c(c1)[C@]1(CC2(C)C)C(C)C1C(=O)Nc1cc(C#N)ccc1CCCC(=O)O. The summed E-state index contributed by atoms with van der Waals surface area (Å²) in [5, 5.41) is 24.1. The van der Waals surface area contributed by atoms with Crippen LogP contribution in [0.25, 0.3) is 0 Å². The number of carbonyl (C=O) groups is 3. The van der Waals surface area contributed by atoms with Crippen LogP contribution in [-0.2, 0) is 26.8 Å². The van der Waals surface area contributed by atoms with Crippen molar-refractivity contribution < 1.29 is 19.5 Å². The monoisotopic (exact) mass is 473 g/mol. The van der Waals surface area contributed by atoms with E-state index in [0.717, 1.165) is 17.5 Å². The summed E-state index contributed by atoms with van der Waals surface area (Å²) in [6.07, 6.45) is 1.78. The summed E-state index contributed by atoms with van der Waals surface area (Å²) in [6, 6.07) is 13.0. The van der Waals surface area contributed by atoms with Gasteiger partial charge in [0.05, 0.1) is 17.6 Å². The number of fused-ring (bicyclic) bond motifs is 2. The quantitative estimate of drug-likeness (QED) is 0.558. The standard InChI is InChI=1S/C28H31N3O4/c1-16-24(26(35)31-22-12-17(14-29)8-9-18(22)6-5-7-23(32)33)28(16)15-27(2,3)20-11-10-19(13-21(20)28)25(34)30-4/h8-13,16,24H,5-7,15H2,1-4H3,(H,30,34)(H,31,35)(H,32,33)/t16?,24?,28-/m0/s1. The van der Waals surface area contributed by atoms with Crippen molar-refractivity contribution in [3.05, 3.63) is 64.2 Å². The number of aryl methyl sites for hydroxylation is 1. The summed E-state index contributed by atoms with van der Waals surface area (Å²) >= 11 is 0. The summed E-state index contributed by atoms with van der Waals surface area (Å²) in [6.45, 7) is 6.44. The number of aliphatic carboxylic acids is 1. The largest absolute Gasteiger partial charge is 0.481 e. The van der Waals surface area contributed by atoms with Crippen molar-refractivity contribution in [3.63, 3.8) is 0 Å². The first kappa shape index (κ1) is 24.5. The van der Waals surface area contributed by atoms with Gasteiger partial charge in [-0.05, 0) is 71.6 Å². The lowest BCUT2D eigenvalue weighted by Crippen LogP contribution is -2.22. The van der Waals surface area contributed by atoms with Crippen molar-refractivity contribution in [2.45, 2.75) is 57.3 Å². The smallest absolute Gasteiger partial charge is 0.303 e. The average Bonchev–Trinajstić information content (AvgIpc) is 3.32. The normalized spacial score (nSPS) is 23.3. The van der Waals surface area contributed by atoms with Gasteiger partial charge in [-0.25, -0.2) is 0 Å². The lowest BCUT2D eigenvalue weighted by atomic mass is 9.85. The first-order valence-corrected chi connectivity index (χ1v) is 12.0. The van der Waals surface area contributed by atoms with Crippen molar-refractivity contribution in [1.82, 2.24) is 5.32 Å². The number of carbonyl (C=O) groups excluding carboxylic acids is 2. The molecule has 0 radical (unpaired) electrons. The number of rotatable bonds is 7. The highest BCUT2D eigenvalue weighted by atomic mass is 16.4. The van der Waals surface area contributed by atoms with Gasteiger partial charge in [-0.15, -0.1) is 0 Å². The van der Waals surface area contributed by atoms with Crippen molar-refractivity contribution >= 4 is 23.5 Å². The van der Waals surface area contributed by atoms with Crippen molar-refractivity contribution in [2.75, 3.05) is 12.4 Å². The number of nitrogens with one attached hydrogen (secondary N) is 2. The molecule has 182 valence electrons. The zero-order valence-corrected chi connectivity index (χ0v) is 20.6. The van der Waals surface area contributed by atoms with E-state index in [1.54, 1.807) is 25.2 Å². The van der Waals surface area contributed by atoms with Crippen LogP contribution in [0.3, 0.4) is 0 Å². The summed E-state index contributed by atoms with van der Waals surface area (Å²) in [4.78, 5) is 36.9. The van der Waals surface area contributed by atoms with E-state index < -0.39 is 5.97 Å². The summed E-state index contributed by atoms with van der Waals surface area (Å²) in [5.41, 5.74) is 4.18. The van der Waals surface area contributed by atoms with Crippen LogP contribution in [0.5, 0.6) is 0 Å². The predicted octanol–water partition coefficient (Wildman–Crippen LogP) is 4.15. The highest BCUT2D eigenvalue weighted by Crippen LogP contribution is 2.70. The topological polar surface area (TPSA) is 119 Å². The molecule has 0 heterocycles. The molecule has 7 nitrogen and oxygen atoms in total. The van der Waals surface area contributed by atoms with Gasteiger partial charge in [0.25, 0.3) is 5.91 Å². The predicted molar refractivity (Wildman–Crippen MR) is 132 cm³/mol. The fourth-order valence-corrected chi connectivity index (χ4v) is 6.12.